The van der Waals surface area contributed by atoms with Crippen molar-refractivity contribution in [3.8, 4) is 33.4 Å². The fourth-order valence-electron chi connectivity index (χ4n) is 9.22. The van der Waals surface area contributed by atoms with Crippen molar-refractivity contribution in [3.05, 3.63) is 178 Å². The van der Waals surface area contributed by atoms with Gasteiger partial charge in [-0.2, -0.15) is 11.3 Å². The molecule has 0 fully saturated rings. The van der Waals surface area contributed by atoms with Gasteiger partial charge in [-0.1, -0.05) is 127 Å². The van der Waals surface area contributed by atoms with Crippen molar-refractivity contribution in [1.82, 2.24) is 0 Å². The Balaban J connectivity index is 1.14. The zero-order valence-corrected chi connectivity index (χ0v) is 29.5. The molecule has 52 heavy (non-hydrogen) atoms. The summed E-state index contributed by atoms with van der Waals surface area (Å²) in [4.78, 5) is 0. The van der Waals surface area contributed by atoms with Gasteiger partial charge in [-0.15, -0.1) is 0 Å². The first-order chi connectivity index (χ1) is 25.8. The Labute approximate surface area is 306 Å². The standard InChI is InChI=1S/C50H34OS/c1-2-13-31(14-3-1)46-38-19-8-10-21-40(38)49(41-22-11-9-20-39(41)46)43-23-12-24-44-50(43)42-26-25-32(29-45(42)51-44)47-34-15-4-6-17-36(34)48(33-27-28-52-30-33)37-18-7-5-16-35(37)47/h1-6,8-11,13-17,19-23,25-30H,7,12,18,24H2. The average Bonchev–Trinajstić information content (AvgIpc) is 3.87. The van der Waals surface area contributed by atoms with Gasteiger partial charge in [0.15, 0.2) is 0 Å². The quantitative estimate of drug-likeness (QED) is 0.168. The van der Waals surface area contributed by atoms with Gasteiger partial charge in [-0.25, -0.2) is 0 Å². The smallest absolute Gasteiger partial charge is 0.135 e. The SMILES string of the molecule is C1=Cc2c(c(-c3ccsc3)c3ccccc3c2-c2ccc3c4c(oc3c2)CCC=C4c2c3ccccc3c(-c3ccccc3)c3ccccc23)CC1. The Hall–Kier alpha value is -5.96. The van der Waals surface area contributed by atoms with E-state index in [1.54, 1.807) is 11.3 Å². The third-order valence-corrected chi connectivity index (χ3v) is 12.0. The molecule has 2 aromatic heterocycles. The van der Waals surface area contributed by atoms with Crippen LogP contribution >= 0.6 is 11.3 Å². The zero-order chi connectivity index (χ0) is 34.2. The van der Waals surface area contributed by atoms with Gasteiger partial charge in [0.05, 0.1) is 0 Å². The first kappa shape index (κ1) is 29.7. The summed E-state index contributed by atoms with van der Waals surface area (Å²) in [6.45, 7) is 0. The van der Waals surface area contributed by atoms with Gasteiger partial charge in [0, 0.05) is 17.4 Å². The van der Waals surface area contributed by atoms with Crippen LogP contribution in [0.2, 0.25) is 0 Å². The Morgan fingerprint density at radius 1 is 0.481 bits per heavy atom. The van der Waals surface area contributed by atoms with Crippen molar-refractivity contribution in [1.29, 1.82) is 0 Å². The Morgan fingerprint density at radius 2 is 1.13 bits per heavy atom. The van der Waals surface area contributed by atoms with Crippen LogP contribution in [-0.2, 0) is 12.8 Å². The van der Waals surface area contributed by atoms with E-state index < -0.39 is 0 Å². The number of thiophene rings is 1. The summed E-state index contributed by atoms with van der Waals surface area (Å²) in [7, 11) is 0. The van der Waals surface area contributed by atoms with Gasteiger partial charge >= 0.3 is 0 Å². The van der Waals surface area contributed by atoms with Crippen molar-refractivity contribution < 1.29 is 4.42 Å². The highest BCUT2D eigenvalue weighted by molar-refractivity contribution is 7.08. The molecule has 0 radical (unpaired) electrons. The maximum atomic E-state index is 6.90. The third kappa shape index (κ3) is 4.41. The lowest BCUT2D eigenvalue weighted by Crippen LogP contribution is -2.02. The van der Waals surface area contributed by atoms with Crippen LogP contribution < -0.4 is 0 Å². The second-order valence-electron chi connectivity index (χ2n) is 14.1. The summed E-state index contributed by atoms with van der Waals surface area (Å²) >= 11 is 1.77. The molecule has 7 aromatic carbocycles. The Bertz CT molecular complexity index is 2880. The topological polar surface area (TPSA) is 13.1 Å². The van der Waals surface area contributed by atoms with E-state index in [1.165, 1.54) is 98.9 Å². The maximum Gasteiger partial charge on any atom is 0.135 e. The van der Waals surface area contributed by atoms with Gasteiger partial charge in [0.25, 0.3) is 0 Å². The number of hydrogen-bond donors (Lipinski definition) is 0. The average molecular weight is 683 g/mol. The molecule has 9 aromatic rings. The highest BCUT2D eigenvalue weighted by Crippen LogP contribution is 2.49. The highest BCUT2D eigenvalue weighted by Gasteiger charge is 2.27. The largest absolute Gasteiger partial charge is 0.460 e. The molecule has 2 aliphatic rings. The van der Waals surface area contributed by atoms with Crippen LogP contribution in [0, 0.1) is 0 Å². The van der Waals surface area contributed by atoms with E-state index in [9.17, 15) is 0 Å². The number of fused-ring (bicyclic) bond motifs is 7. The van der Waals surface area contributed by atoms with E-state index in [1.807, 2.05) is 0 Å². The molecule has 11 rings (SSSR count). The maximum absolute atomic E-state index is 6.90. The normalized spacial score (nSPS) is 13.9. The minimum Gasteiger partial charge on any atom is -0.460 e. The second-order valence-corrected chi connectivity index (χ2v) is 14.9. The monoisotopic (exact) mass is 682 g/mol. The number of rotatable bonds is 4. The summed E-state index contributed by atoms with van der Waals surface area (Å²) < 4.78 is 6.90. The third-order valence-electron chi connectivity index (χ3n) is 11.3. The second kappa shape index (κ2) is 11.8. The van der Waals surface area contributed by atoms with Crippen LogP contribution in [0.3, 0.4) is 0 Å². The van der Waals surface area contributed by atoms with E-state index in [0.717, 1.165) is 37.0 Å². The first-order valence-electron chi connectivity index (χ1n) is 18.4. The molecule has 2 aliphatic carbocycles. The molecule has 0 bridgehead atoms. The fraction of sp³-hybridized carbons (Fsp3) is 0.0800. The summed E-state index contributed by atoms with van der Waals surface area (Å²) in [5.41, 5.74) is 15.4. The predicted octanol–water partition coefficient (Wildman–Crippen LogP) is 14.3. The zero-order valence-electron chi connectivity index (χ0n) is 28.7. The molecule has 0 unspecified atom stereocenters. The van der Waals surface area contributed by atoms with Gasteiger partial charge in [0.1, 0.15) is 11.3 Å². The van der Waals surface area contributed by atoms with Crippen LogP contribution in [-0.4, -0.2) is 0 Å². The number of benzene rings is 7. The van der Waals surface area contributed by atoms with Gasteiger partial charge < -0.3 is 4.42 Å². The Kier molecular flexibility index (Phi) is 6.75. The van der Waals surface area contributed by atoms with Gasteiger partial charge in [0.2, 0.25) is 0 Å². The summed E-state index contributed by atoms with van der Waals surface area (Å²) in [5, 5.41) is 13.4. The van der Waals surface area contributed by atoms with E-state index in [0.29, 0.717) is 0 Å². The van der Waals surface area contributed by atoms with E-state index in [-0.39, 0.29) is 0 Å². The van der Waals surface area contributed by atoms with Crippen molar-refractivity contribution in [2.24, 2.45) is 0 Å². The minimum atomic E-state index is 0.900. The molecule has 1 nitrogen and oxygen atoms in total. The van der Waals surface area contributed by atoms with Crippen molar-refractivity contribution in [2.45, 2.75) is 25.7 Å². The lowest BCUT2D eigenvalue weighted by atomic mass is 9.80. The fourth-order valence-corrected chi connectivity index (χ4v) is 9.86. The molecule has 0 saturated carbocycles. The van der Waals surface area contributed by atoms with E-state index in [4.69, 9.17) is 4.42 Å². The molecule has 2 heteroatoms. The van der Waals surface area contributed by atoms with Crippen molar-refractivity contribution in [3.63, 3.8) is 0 Å². The molecule has 0 saturated heterocycles. The van der Waals surface area contributed by atoms with Crippen LogP contribution in [0.25, 0.3) is 88.3 Å². The molecular formula is C50H34OS. The molecule has 0 spiro atoms. The van der Waals surface area contributed by atoms with Crippen LogP contribution in [0.4, 0.5) is 0 Å². The molecule has 246 valence electrons. The lowest BCUT2D eigenvalue weighted by molar-refractivity contribution is 0.545. The van der Waals surface area contributed by atoms with Crippen molar-refractivity contribution in [2.75, 3.05) is 0 Å². The van der Waals surface area contributed by atoms with E-state index >= 15 is 0 Å². The minimum absolute atomic E-state index is 0.900. The summed E-state index contributed by atoms with van der Waals surface area (Å²) in [6.07, 6.45) is 11.1. The van der Waals surface area contributed by atoms with Crippen molar-refractivity contribution >= 4 is 66.3 Å². The van der Waals surface area contributed by atoms with Gasteiger partial charge in [-0.05, 0) is 136 Å². The molecular weight excluding hydrogens is 649 g/mol. The number of aryl methyl sites for hydroxylation is 1. The predicted molar refractivity (Wildman–Crippen MR) is 222 cm³/mol. The molecule has 0 atom stereocenters. The number of furan rings is 1. The first-order valence-corrected chi connectivity index (χ1v) is 19.3. The molecule has 0 aliphatic heterocycles. The summed E-state index contributed by atoms with van der Waals surface area (Å²) in [6, 6.07) is 47.0. The Morgan fingerprint density at radius 3 is 1.83 bits per heavy atom. The van der Waals surface area contributed by atoms with Crippen LogP contribution in [0.1, 0.15) is 40.9 Å². The number of hydrogen-bond acceptors (Lipinski definition) is 2. The van der Waals surface area contributed by atoms with Crippen LogP contribution in [0.15, 0.2) is 155 Å². The van der Waals surface area contributed by atoms with E-state index in [2.05, 4.69) is 156 Å². The number of allylic oxidation sites excluding steroid dienone is 2. The molecule has 2 heterocycles. The molecule has 0 N–H and O–H groups in total. The lowest BCUT2D eigenvalue weighted by Gasteiger charge is -2.23. The van der Waals surface area contributed by atoms with Crippen LogP contribution in [0.5, 0.6) is 0 Å². The summed E-state index contributed by atoms with van der Waals surface area (Å²) in [5.74, 6) is 1.09. The molecule has 0 amide bonds. The van der Waals surface area contributed by atoms with Gasteiger partial charge in [-0.3, -0.25) is 0 Å². The highest BCUT2D eigenvalue weighted by atomic mass is 32.1.